The number of fused-ring (bicyclic) bond motifs is 16. The smallest absolute Gasteiger partial charge is 0.0755 e. The first kappa shape index (κ1) is 28.7. The highest BCUT2D eigenvalue weighted by Gasteiger charge is 2.51. The van der Waals surface area contributed by atoms with Crippen molar-refractivity contribution in [3.8, 4) is 16.8 Å². The first-order valence-electron chi connectivity index (χ1n) is 18.1. The molecule has 0 saturated heterocycles. The largest absolute Gasteiger partial charge is 0.343 e. The fourth-order valence-corrected chi connectivity index (χ4v) is 9.89. The van der Waals surface area contributed by atoms with Gasteiger partial charge in [-0.2, -0.15) is 0 Å². The quantitative estimate of drug-likeness (QED) is 0.187. The van der Waals surface area contributed by atoms with Gasteiger partial charge in [-0.05, 0) is 94.0 Å². The van der Waals surface area contributed by atoms with E-state index in [2.05, 4.69) is 165 Å². The zero-order valence-electron chi connectivity index (χ0n) is 28.9. The molecule has 0 radical (unpaired) electrons. The lowest BCUT2D eigenvalue weighted by Gasteiger charge is -2.40. The number of rotatable bonds is 3. The average Bonchev–Trinajstić information content (AvgIpc) is 3.82. The molecule has 5 heterocycles. The molecule has 0 fully saturated rings. The molecule has 1 unspecified atom stereocenters. The molecule has 1 atom stereocenters. The molecule has 0 saturated carbocycles. The van der Waals surface area contributed by atoms with Gasteiger partial charge in [0.15, 0.2) is 0 Å². The van der Waals surface area contributed by atoms with Gasteiger partial charge in [0.05, 0.1) is 51.4 Å². The van der Waals surface area contributed by atoms with Gasteiger partial charge in [0.2, 0.25) is 0 Å². The molecule has 5 heteroatoms. The van der Waals surface area contributed by atoms with Gasteiger partial charge < -0.3 is 14.0 Å². The first-order valence-corrected chi connectivity index (χ1v) is 18.1. The van der Waals surface area contributed by atoms with Gasteiger partial charge in [-0.25, -0.2) is 0 Å². The summed E-state index contributed by atoms with van der Waals surface area (Å²) in [5, 5.41) is 5.12. The Morgan fingerprint density at radius 3 is 1.92 bits per heavy atom. The van der Waals surface area contributed by atoms with Crippen LogP contribution in [-0.4, -0.2) is 19.1 Å². The van der Waals surface area contributed by atoms with E-state index >= 15 is 0 Å². The first-order chi connectivity index (χ1) is 26.2. The van der Waals surface area contributed by atoms with Crippen LogP contribution in [0.1, 0.15) is 22.3 Å². The predicted molar refractivity (Wildman–Crippen MR) is 216 cm³/mol. The SMILES string of the molecule is Cn1c2ccccc2c2cc3c4c(c5ccccc5n4-c4ccccc4C34c3ccccc3-c3ccc(N(c5cccnc5)c5cccnc5)cc34)c21. The summed E-state index contributed by atoms with van der Waals surface area (Å²) >= 11 is 0. The maximum absolute atomic E-state index is 4.54. The minimum absolute atomic E-state index is 0.595. The van der Waals surface area contributed by atoms with E-state index in [0.29, 0.717) is 0 Å². The molecule has 4 aromatic heterocycles. The van der Waals surface area contributed by atoms with Crippen LogP contribution >= 0.6 is 0 Å². The van der Waals surface area contributed by atoms with Gasteiger partial charge in [0.25, 0.3) is 0 Å². The van der Waals surface area contributed by atoms with E-state index in [1.807, 2.05) is 36.9 Å². The van der Waals surface area contributed by atoms with Crippen molar-refractivity contribution >= 4 is 60.7 Å². The highest BCUT2D eigenvalue weighted by molar-refractivity contribution is 6.27. The van der Waals surface area contributed by atoms with Gasteiger partial charge in [-0.3, -0.25) is 9.97 Å². The molecular weight excluding hydrogens is 647 g/mol. The second kappa shape index (κ2) is 10.3. The van der Waals surface area contributed by atoms with Gasteiger partial charge in [-0.15, -0.1) is 0 Å². The van der Waals surface area contributed by atoms with Crippen LogP contribution in [-0.2, 0) is 12.5 Å². The summed E-state index contributed by atoms with van der Waals surface area (Å²) in [5.41, 5.74) is 16.4. The van der Waals surface area contributed by atoms with Crippen LogP contribution in [0.25, 0.3) is 60.4 Å². The van der Waals surface area contributed by atoms with Crippen LogP contribution in [0.4, 0.5) is 17.1 Å². The minimum atomic E-state index is -0.595. The monoisotopic (exact) mass is 677 g/mol. The molecule has 10 aromatic rings. The molecule has 0 amide bonds. The fraction of sp³-hybridized carbons (Fsp3) is 0.0417. The van der Waals surface area contributed by atoms with Crippen molar-refractivity contribution in [2.75, 3.05) is 4.90 Å². The molecule has 5 nitrogen and oxygen atoms in total. The number of para-hydroxylation sites is 3. The summed E-state index contributed by atoms with van der Waals surface area (Å²) in [5.74, 6) is 0. The highest BCUT2D eigenvalue weighted by Crippen LogP contribution is 2.62. The molecule has 1 spiro atoms. The van der Waals surface area contributed by atoms with Crippen molar-refractivity contribution in [3.05, 3.63) is 193 Å². The summed E-state index contributed by atoms with van der Waals surface area (Å²) in [6.45, 7) is 0. The zero-order chi connectivity index (χ0) is 34.8. The van der Waals surface area contributed by atoms with E-state index in [1.54, 1.807) is 0 Å². The van der Waals surface area contributed by atoms with E-state index in [-0.39, 0.29) is 0 Å². The Kier molecular flexibility index (Phi) is 5.58. The normalized spacial score (nSPS) is 15.3. The van der Waals surface area contributed by atoms with Crippen molar-refractivity contribution in [3.63, 3.8) is 0 Å². The Balaban J connectivity index is 1.29. The minimum Gasteiger partial charge on any atom is -0.343 e. The second-order valence-electron chi connectivity index (χ2n) is 14.3. The third-order valence-corrected chi connectivity index (χ3v) is 11.8. The van der Waals surface area contributed by atoms with Crippen LogP contribution in [0.5, 0.6) is 0 Å². The van der Waals surface area contributed by atoms with Crippen LogP contribution in [0, 0.1) is 0 Å². The van der Waals surface area contributed by atoms with Crippen LogP contribution in [0.2, 0.25) is 0 Å². The number of hydrogen-bond acceptors (Lipinski definition) is 3. The van der Waals surface area contributed by atoms with Gasteiger partial charge in [0.1, 0.15) is 0 Å². The van der Waals surface area contributed by atoms with E-state index in [4.69, 9.17) is 0 Å². The number of anilines is 3. The standard InChI is InChI=1S/C48H31N5/c1-51-42-19-7-3-15-35(42)37-27-41-47-45(46(37)51)36-16-4-8-20-43(36)53(47)44-21-9-6-18-39(44)48(41)38-17-5-2-14-33(38)34-23-22-30(26-40(34)48)52(31-12-10-24-49-28-31)32-13-11-25-50-29-32/h2-29H,1H3. The van der Waals surface area contributed by atoms with Crippen LogP contribution in [0.3, 0.4) is 0 Å². The maximum atomic E-state index is 4.54. The molecule has 248 valence electrons. The lowest BCUT2D eigenvalue weighted by Crippen LogP contribution is -2.33. The molecule has 1 aliphatic heterocycles. The number of nitrogens with zero attached hydrogens (tertiary/aromatic N) is 5. The fourth-order valence-electron chi connectivity index (χ4n) is 9.89. The Labute approximate surface area is 305 Å². The molecule has 0 bridgehead atoms. The average molecular weight is 678 g/mol. The summed E-state index contributed by atoms with van der Waals surface area (Å²) in [6, 6.07) is 53.8. The highest BCUT2D eigenvalue weighted by atomic mass is 15.2. The Hall–Kier alpha value is -6.98. The van der Waals surface area contributed by atoms with Crippen molar-refractivity contribution < 1.29 is 0 Å². The third-order valence-electron chi connectivity index (χ3n) is 11.8. The number of benzene rings is 6. The summed E-state index contributed by atoms with van der Waals surface area (Å²) < 4.78 is 4.95. The Morgan fingerprint density at radius 1 is 0.491 bits per heavy atom. The molecule has 1 aliphatic carbocycles. The number of hydrogen-bond donors (Lipinski definition) is 0. The zero-order valence-corrected chi connectivity index (χ0v) is 28.9. The van der Waals surface area contributed by atoms with E-state index in [9.17, 15) is 0 Å². The van der Waals surface area contributed by atoms with Crippen molar-refractivity contribution in [1.29, 1.82) is 0 Å². The van der Waals surface area contributed by atoms with Crippen molar-refractivity contribution in [2.24, 2.45) is 7.05 Å². The molecule has 12 rings (SSSR count). The van der Waals surface area contributed by atoms with Gasteiger partial charge in [-0.1, -0.05) is 84.9 Å². The maximum Gasteiger partial charge on any atom is 0.0755 e. The Morgan fingerprint density at radius 2 is 1.15 bits per heavy atom. The number of pyridine rings is 2. The van der Waals surface area contributed by atoms with Crippen LogP contribution in [0.15, 0.2) is 170 Å². The molecule has 2 aliphatic rings. The van der Waals surface area contributed by atoms with Crippen molar-refractivity contribution in [1.82, 2.24) is 19.1 Å². The molecule has 0 N–H and O–H groups in total. The van der Waals surface area contributed by atoms with E-state index < -0.39 is 5.41 Å². The number of aryl methyl sites for hydroxylation is 1. The summed E-state index contributed by atoms with van der Waals surface area (Å²) in [6.07, 6.45) is 7.51. The number of aromatic nitrogens is 4. The molecular formula is C48H31N5. The predicted octanol–water partition coefficient (Wildman–Crippen LogP) is 11.4. The molecule has 6 aromatic carbocycles. The van der Waals surface area contributed by atoms with Gasteiger partial charge >= 0.3 is 0 Å². The van der Waals surface area contributed by atoms with Crippen LogP contribution < -0.4 is 4.90 Å². The summed E-state index contributed by atoms with van der Waals surface area (Å²) in [7, 11) is 2.23. The van der Waals surface area contributed by atoms with E-state index in [1.165, 1.54) is 82.7 Å². The topological polar surface area (TPSA) is 38.9 Å². The summed E-state index contributed by atoms with van der Waals surface area (Å²) in [4.78, 5) is 11.3. The third kappa shape index (κ3) is 3.51. The lowest BCUT2D eigenvalue weighted by atomic mass is 9.65. The lowest BCUT2D eigenvalue weighted by molar-refractivity contribution is 0.749. The second-order valence-corrected chi connectivity index (χ2v) is 14.3. The van der Waals surface area contributed by atoms with Crippen molar-refractivity contribution in [2.45, 2.75) is 5.41 Å². The van der Waals surface area contributed by atoms with E-state index in [0.717, 1.165) is 17.1 Å². The Bertz CT molecular complexity index is 3100. The van der Waals surface area contributed by atoms with Gasteiger partial charge in [0, 0.05) is 52.2 Å². The molecule has 53 heavy (non-hydrogen) atoms.